The molecule has 7 aromatic rings. The van der Waals surface area contributed by atoms with Gasteiger partial charge in [0.25, 0.3) is 0 Å². The number of halogens is 24. The molecule has 0 saturated carbocycles. The fraction of sp³-hybridized carbons (Fsp3) is 0.184. The highest BCUT2D eigenvalue weighted by molar-refractivity contribution is 7.80. The van der Waals surface area contributed by atoms with Crippen LogP contribution in [0, 0.1) is 0 Å². The first-order chi connectivity index (χ1) is 35.0. The maximum Gasteiger partial charge on any atom is 0.416 e. The highest BCUT2D eigenvalue weighted by Gasteiger charge is 2.47. The SMILES string of the molecule is FC(F)(F)c1cc([B-](c2cc(C(F)(F)F)cc(C(F)(F)F)c2)(c2cc(C(F)(F)F)cc(C(F)(F)F)c2)c2cc(C(F)(F)F)cc(C(F)(F)F)c2)cc(C(F)(F)F)c1.O=C(C[n+]1ccc2ccccc2c1S)c1ccccc1. The third-order valence-electron chi connectivity index (χ3n) is 11.8. The van der Waals surface area contributed by atoms with Gasteiger partial charge in [-0.2, -0.15) is 132 Å². The molecule has 0 aliphatic heterocycles. The average molecular weight is 1140 g/mol. The zero-order valence-corrected chi connectivity index (χ0v) is 38.3. The maximum absolute atomic E-state index is 14.2. The number of nitrogens with zero attached hydrogens (tertiary/aromatic N) is 1. The summed E-state index contributed by atoms with van der Waals surface area (Å²) in [6.45, 7) is 0.299. The normalized spacial score (nSPS) is 13.4. The fourth-order valence-corrected chi connectivity index (χ4v) is 8.65. The van der Waals surface area contributed by atoms with Crippen molar-refractivity contribution in [2.45, 2.75) is 61.0 Å². The molecule has 0 atom stereocenters. The number of rotatable bonds is 7. The molecule has 410 valence electrons. The monoisotopic (exact) mass is 1140 g/mol. The van der Waals surface area contributed by atoms with E-state index in [0.717, 1.165) is 21.4 Å². The van der Waals surface area contributed by atoms with Gasteiger partial charge >= 0.3 is 49.4 Å². The molecule has 0 aliphatic carbocycles. The third-order valence-corrected chi connectivity index (χ3v) is 12.3. The lowest BCUT2D eigenvalue weighted by Gasteiger charge is -2.46. The minimum Gasteiger partial charge on any atom is -0.287 e. The van der Waals surface area contributed by atoms with E-state index in [1.807, 2.05) is 71.4 Å². The van der Waals surface area contributed by atoms with Crippen molar-refractivity contribution >= 4 is 57.2 Å². The molecule has 0 fully saturated rings. The Kier molecular flexibility index (Phi) is 15.8. The van der Waals surface area contributed by atoms with Crippen LogP contribution < -0.4 is 26.4 Å². The molecular weight excluding hydrogens is 1120 g/mol. The Bertz CT molecular complexity index is 2870. The number of hydrogen-bond acceptors (Lipinski definition) is 2. The fourth-order valence-electron chi connectivity index (χ4n) is 8.31. The molecule has 0 saturated heterocycles. The van der Waals surface area contributed by atoms with Crippen molar-refractivity contribution in [3.05, 3.63) is 190 Å². The van der Waals surface area contributed by atoms with E-state index >= 15 is 0 Å². The predicted molar refractivity (Wildman–Crippen MR) is 232 cm³/mol. The molecule has 1 heterocycles. The van der Waals surface area contributed by atoms with Gasteiger partial charge in [-0.25, -0.2) is 0 Å². The molecule has 0 aliphatic rings. The van der Waals surface area contributed by atoms with E-state index in [4.69, 9.17) is 0 Å². The van der Waals surface area contributed by atoms with E-state index in [0.29, 0.717) is 6.54 Å². The summed E-state index contributed by atoms with van der Waals surface area (Å²) in [7, 11) is 0. The second-order valence-electron chi connectivity index (χ2n) is 16.9. The van der Waals surface area contributed by atoms with E-state index in [1.165, 1.54) is 0 Å². The number of pyridine rings is 1. The van der Waals surface area contributed by atoms with Crippen LogP contribution >= 0.6 is 12.6 Å². The van der Waals surface area contributed by atoms with Crippen molar-refractivity contribution in [3.63, 3.8) is 0 Å². The zero-order chi connectivity index (χ0) is 57.9. The van der Waals surface area contributed by atoms with Crippen LogP contribution in [-0.4, -0.2) is 11.9 Å². The van der Waals surface area contributed by atoms with Crippen molar-refractivity contribution in [2.24, 2.45) is 0 Å². The number of ketones is 1. The van der Waals surface area contributed by atoms with Crippen LogP contribution in [0.4, 0.5) is 105 Å². The average Bonchev–Trinajstić information content (AvgIpc) is 3.30. The van der Waals surface area contributed by atoms with E-state index in [9.17, 15) is 110 Å². The first kappa shape index (κ1) is 59.4. The number of hydrogen-bond donors (Lipinski definition) is 1. The molecule has 7 rings (SSSR count). The Balaban J connectivity index is 0.000000397. The summed E-state index contributed by atoms with van der Waals surface area (Å²) in [6, 6.07) is 10.6. The Morgan fingerprint density at radius 3 is 0.896 bits per heavy atom. The van der Waals surface area contributed by atoms with Gasteiger partial charge in [0.1, 0.15) is 6.15 Å². The van der Waals surface area contributed by atoms with Crippen molar-refractivity contribution in [1.82, 2.24) is 0 Å². The first-order valence-electron chi connectivity index (χ1n) is 21.1. The van der Waals surface area contributed by atoms with Crippen LogP contribution in [0.1, 0.15) is 54.9 Å². The highest BCUT2D eigenvalue weighted by Crippen LogP contribution is 2.41. The molecule has 2 nitrogen and oxygen atoms in total. The van der Waals surface area contributed by atoms with Crippen molar-refractivity contribution in [1.29, 1.82) is 0 Å². The number of Topliss-reactive ketones (excluding diaryl/α,β-unsaturated/α-hetero) is 1. The number of aromatic nitrogens is 1. The molecule has 28 heteroatoms. The summed E-state index contributed by atoms with van der Waals surface area (Å²) >= 11 is 4.56. The lowest BCUT2D eigenvalue weighted by molar-refractivity contribution is -0.717. The van der Waals surface area contributed by atoms with E-state index in [2.05, 4.69) is 12.6 Å². The van der Waals surface area contributed by atoms with Crippen molar-refractivity contribution in [3.8, 4) is 0 Å². The molecule has 0 radical (unpaired) electrons. The number of fused-ring (bicyclic) bond motifs is 1. The third kappa shape index (κ3) is 13.3. The summed E-state index contributed by atoms with van der Waals surface area (Å²) < 4.78 is 343. The second-order valence-corrected chi connectivity index (χ2v) is 17.3. The summed E-state index contributed by atoms with van der Waals surface area (Å²) in [5.41, 5.74) is -29.5. The van der Waals surface area contributed by atoms with Gasteiger partial charge in [-0.1, -0.05) is 110 Å². The molecule has 1 aromatic heterocycles. The standard InChI is InChI=1S/C32H12BF24.C17H13NOS/c34-25(35,36)13-1-14(26(37,38)39)6-21(5-13)33(22-7-15(27(40,41)42)2-16(8-22)28(43,44)45,23-9-17(29(46,47)48)3-18(10-23)30(49,50)51)24-11-19(31(52,53)54)4-20(12-24)32(55,56)57;19-16(14-7-2-1-3-8-14)12-18-11-10-13-6-4-5-9-15(13)17(18)20/h1-12H;1-11H,12H2/q-1;/p+1. The lowest BCUT2D eigenvalue weighted by Crippen LogP contribution is -2.75. The molecule has 0 bridgehead atoms. The first-order valence-corrected chi connectivity index (χ1v) is 21.5. The summed E-state index contributed by atoms with van der Waals surface area (Å²) in [6.07, 6.45) is -52.9. The van der Waals surface area contributed by atoms with Crippen molar-refractivity contribution in [2.75, 3.05) is 0 Å². The Morgan fingerprint density at radius 2 is 0.623 bits per heavy atom. The van der Waals surface area contributed by atoms with Gasteiger partial charge in [-0.15, -0.1) is 0 Å². The summed E-state index contributed by atoms with van der Waals surface area (Å²) in [5.74, 6) is 0.0844. The Hall–Kier alpha value is -6.87. The zero-order valence-electron chi connectivity index (χ0n) is 37.4. The minimum absolute atomic E-state index is 0.0844. The maximum atomic E-state index is 14.2. The van der Waals surface area contributed by atoms with Crippen LogP contribution in [0.3, 0.4) is 0 Å². The number of benzene rings is 6. The van der Waals surface area contributed by atoms with Gasteiger partial charge in [-0.3, -0.25) is 4.79 Å². The number of carbonyl (C=O) groups excluding carboxylic acids is 1. The molecule has 77 heavy (non-hydrogen) atoms. The van der Waals surface area contributed by atoms with Gasteiger partial charge in [0, 0.05) is 11.6 Å². The van der Waals surface area contributed by atoms with E-state index < -0.39 is 195 Å². The number of alkyl halides is 24. The van der Waals surface area contributed by atoms with Gasteiger partial charge in [-0.05, 0) is 35.7 Å². The molecule has 0 spiro atoms. The van der Waals surface area contributed by atoms with Crippen molar-refractivity contribution < 1.29 is 115 Å². The van der Waals surface area contributed by atoms with Crippen LogP contribution in [-0.2, 0) is 56.0 Å². The summed E-state index contributed by atoms with van der Waals surface area (Å²) in [4.78, 5) is 12.2. The number of thiol groups is 1. The molecule has 0 N–H and O–H groups in total. The van der Waals surface area contributed by atoms with Crippen LogP contribution in [0.5, 0.6) is 0 Å². The number of carbonyl (C=O) groups is 1. The van der Waals surface area contributed by atoms with Crippen LogP contribution in [0.25, 0.3) is 10.8 Å². The van der Waals surface area contributed by atoms with Gasteiger partial charge in [0.2, 0.25) is 17.4 Å². The molecule has 0 unspecified atom stereocenters. The predicted octanol–water partition coefficient (Wildman–Crippen LogP) is 14.5. The van der Waals surface area contributed by atoms with Gasteiger partial charge < -0.3 is 0 Å². The van der Waals surface area contributed by atoms with E-state index in [-0.39, 0.29) is 5.78 Å². The second kappa shape index (κ2) is 20.5. The largest absolute Gasteiger partial charge is 0.416 e. The highest BCUT2D eigenvalue weighted by atomic mass is 32.1. The van der Waals surface area contributed by atoms with Crippen LogP contribution in [0.2, 0.25) is 0 Å². The smallest absolute Gasteiger partial charge is 0.287 e. The quantitative estimate of drug-likeness (QED) is 0.0555. The minimum atomic E-state index is -6.13. The molecule has 0 amide bonds. The Morgan fingerprint density at radius 1 is 0.364 bits per heavy atom. The van der Waals surface area contributed by atoms with Crippen LogP contribution in [0.15, 0.2) is 145 Å². The lowest BCUT2D eigenvalue weighted by atomic mass is 9.12. The summed E-state index contributed by atoms with van der Waals surface area (Å²) in [5, 5.41) is 2.99. The van der Waals surface area contributed by atoms with E-state index in [1.54, 1.807) is 0 Å². The molecular formula is C49H26BF24NOS. The topological polar surface area (TPSA) is 20.9 Å². The Labute approximate surface area is 421 Å². The van der Waals surface area contributed by atoms with Gasteiger partial charge in [0.05, 0.1) is 49.9 Å². The molecule has 6 aromatic carbocycles. The van der Waals surface area contributed by atoms with Gasteiger partial charge in [0.15, 0.2) is 6.20 Å².